The third-order valence-corrected chi connectivity index (χ3v) is 2.66. The summed E-state index contributed by atoms with van der Waals surface area (Å²) < 4.78 is 4.93. The molecule has 3 rings (SSSR count). The summed E-state index contributed by atoms with van der Waals surface area (Å²) in [6, 6.07) is 9.93. The number of anilines is 1. The lowest BCUT2D eigenvalue weighted by molar-refractivity contribution is 0.388. The molecule has 2 aromatic heterocycles. The fourth-order valence-electron chi connectivity index (χ4n) is 1.84. The van der Waals surface area contributed by atoms with Crippen LogP contribution in [0.4, 0.5) is 5.69 Å². The Morgan fingerprint density at radius 1 is 1.22 bits per heavy atom. The first-order valence-electron chi connectivity index (χ1n) is 5.70. The second kappa shape index (κ2) is 4.44. The van der Waals surface area contributed by atoms with Crippen LogP contribution in [0.25, 0.3) is 10.9 Å². The maximum atomic E-state index is 4.93. The van der Waals surface area contributed by atoms with Crippen LogP contribution in [0.1, 0.15) is 11.7 Å². The molecule has 5 heteroatoms. The molecule has 0 aliphatic rings. The molecule has 0 unspecified atom stereocenters. The summed E-state index contributed by atoms with van der Waals surface area (Å²) in [6.07, 6.45) is 1.78. The molecule has 18 heavy (non-hydrogen) atoms. The van der Waals surface area contributed by atoms with Crippen molar-refractivity contribution in [1.29, 1.82) is 0 Å². The summed E-state index contributed by atoms with van der Waals surface area (Å²) >= 11 is 0. The molecule has 1 aromatic carbocycles. The summed E-state index contributed by atoms with van der Waals surface area (Å²) in [4.78, 5) is 8.46. The summed E-state index contributed by atoms with van der Waals surface area (Å²) in [5, 5.41) is 8.22. The minimum Gasteiger partial charge on any atom is -0.377 e. The first-order chi connectivity index (χ1) is 8.83. The summed E-state index contributed by atoms with van der Waals surface area (Å²) in [7, 11) is 0. The van der Waals surface area contributed by atoms with Gasteiger partial charge in [0.05, 0.1) is 12.1 Å². The predicted octanol–water partition coefficient (Wildman–Crippen LogP) is 2.54. The second-order valence-electron chi connectivity index (χ2n) is 3.96. The van der Waals surface area contributed by atoms with Crippen LogP contribution in [-0.2, 0) is 6.54 Å². The molecule has 5 nitrogen and oxygen atoms in total. The van der Waals surface area contributed by atoms with Gasteiger partial charge >= 0.3 is 0 Å². The molecule has 0 atom stereocenters. The lowest BCUT2D eigenvalue weighted by atomic mass is 10.2. The van der Waals surface area contributed by atoms with Crippen LogP contribution in [0.5, 0.6) is 0 Å². The van der Waals surface area contributed by atoms with E-state index in [0.717, 1.165) is 16.6 Å². The Hall–Kier alpha value is -2.43. The van der Waals surface area contributed by atoms with Gasteiger partial charge < -0.3 is 9.84 Å². The van der Waals surface area contributed by atoms with E-state index in [9.17, 15) is 0 Å². The van der Waals surface area contributed by atoms with Crippen LogP contribution >= 0.6 is 0 Å². The van der Waals surface area contributed by atoms with Gasteiger partial charge in [-0.15, -0.1) is 0 Å². The van der Waals surface area contributed by atoms with E-state index in [2.05, 4.69) is 20.4 Å². The fraction of sp³-hybridized carbons (Fsp3) is 0.154. The minimum atomic E-state index is 0.533. The van der Waals surface area contributed by atoms with Gasteiger partial charge in [-0.05, 0) is 12.1 Å². The van der Waals surface area contributed by atoms with Crippen molar-refractivity contribution in [3.05, 3.63) is 48.2 Å². The smallest absolute Gasteiger partial charge is 0.223 e. The van der Waals surface area contributed by atoms with Gasteiger partial charge in [0.2, 0.25) is 5.89 Å². The second-order valence-corrected chi connectivity index (χ2v) is 3.96. The number of aryl methyl sites for hydroxylation is 1. The van der Waals surface area contributed by atoms with Crippen molar-refractivity contribution >= 4 is 16.6 Å². The highest BCUT2D eigenvalue weighted by Crippen LogP contribution is 2.21. The third-order valence-electron chi connectivity index (χ3n) is 2.66. The number of pyridine rings is 1. The van der Waals surface area contributed by atoms with Crippen LogP contribution in [0.3, 0.4) is 0 Å². The number of fused-ring (bicyclic) bond motifs is 1. The van der Waals surface area contributed by atoms with E-state index >= 15 is 0 Å². The molecular formula is C13H12N4O. The SMILES string of the molecule is Cc1nc(CNc2ccnc3ccccc23)no1. The Balaban J connectivity index is 1.86. The molecule has 0 bridgehead atoms. The van der Waals surface area contributed by atoms with Gasteiger partial charge in [0.1, 0.15) is 0 Å². The Labute approximate surface area is 104 Å². The molecule has 0 spiro atoms. The molecule has 0 aliphatic heterocycles. The Morgan fingerprint density at radius 2 is 2.11 bits per heavy atom. The number of hydrogen-bond acceptors (Lipinski definition) is 5. The Kier molecular flexibility index (Phi) is 2.64. The molecule has 0 saturated carbocycles. The van der Waals surface area contributed by atoms with Gasteiger partial charge in [0.25, 0.3) is 0 Å². The van der Waals surface area contributed by atoms with Gasteiger partial charge in [-0.2, -0.15) is 4.98 Å². The number of nitrogens with zero attached hydrogens (tertiary/aromatic N) is 3. The van der Waals surface area contributed by atoms with Crippen molar-refractivity contribution in [3.8, 4) is 0 Å². The molecule has 90 valence electrons. The fourth-order valence-corrected chi connectivity index (χ4v) is 1.84. The van der Waals surface area contributed by atoms with Crippen molar-refractivity contribution < 1.29 is 4.52 Å². The van der Waals surface area contributed by atoms with Crippen molar-refractivity contribution in [3.63, 3.8) is 0 Å². The van der Waals surface area contributed by atoms with Crippen molar-refractivity contribution in [2.75, 3.05) is 5.32 Å². The average molecular weight is 240 g/mol. The van der Waals surface area contributed by atoms with E-state index in [1.807, 2.05) is 30.3 Å². The molecule has 0 radical (unpaired) electrons. The predicted molar refractivity (Wildman–Crippen MR) is 68.1 cm³/mol. The van der Waals surface area contributed by atoms with Gasteiger partial charge in [-0.1, -0.05) is 23.4 Å². The van der Waals surface area contributed by atoms with E-state index in [4.69, 9.17) is 4.52 Å². The van der Waals surface area contributed by atoms with E-state index in [1.54, 1.807) is 13.1 Å². The highest BCUT2D eigenvalue weighted by molar-refractivity contribution is 5.90. The van der Waals surface area contributed by atoms with Gasteiger partial charge in [0, 0.05) is 24.2 Å². The molecule has 1 N–H and O–H groups in total. The van der Waals surface area contributed by atoms with Crippen molar-refractivity contribution in [1.82, 2.24) is 15.1 Å². The van der Waals surface area contributed by atoms with Crippen LogP contribution in [0, 0.1) is 6.92 Å². The first-order valence-corrected chi connectivity index (χ1v) is 5.70. The molecule has 0 fully saturated rings. The lowest BCUT2D eigenvalue weighted by Gasteiger charge is -2.06. The monoisotopic (exact) mass is 240 g/mol. The molecule has 0 saturated heterocycles. The van der Waals surface area contributed by atoms with Crippen molar-refractivity contribution in [2.45, 2.75) is 13.5 Å². The zero-order valence-corrected chi connectivity index (χ0v) is 9.92. The number of rotatable bonds is 3. The number of nitrogens with one attached hydrogen (secondary N) is 1. The zero-order valence-electron chi connectivity index (χ0n) is 9.92. The first kappa shape index (κ1) is 10.7. The quantitative estimate of drug-likeness (QED) is 0.762. The minimum absolute atomic E-state index is 0.533. The number of aromatic nitrogens is 3. The van der Waals surface area contributed by atoms with E-state index < -0.39 is 0 Å². The number of benzene rings is 1. The summed E-state index contributed by atoms with van der Waals surface area (Å²) in [6.45, 7) is 2.31. The van der Waals surface area contributed by atoms with E-state index in [1.165, 1.54) is 0 Å². The maximum Gasteiger partial charge on any atom is 0.223 e. The summed E-state index contributed by atoms with van der Waals surface area (Å²) in [5.74, 6) is 1.22. The molecule has 0 aliphatic carbocycles. The van der Waals surface area contributed by atoms with E-state index in [-0.39, 0.29) is 0 Å². The zero-order chi connectivity index (χ0) is 12.4. The highest BCUT2D eigenvalue weighted by atomic mass is 16.5. The lowest BCUT2D eigenvalue weighted by Crippen LogP contribution is -2.02. The molecular weight excluding hydrogens is 228 g/mol. The van der Waals surface area contributed by atoms with Crippen LogP contribution in [-0.4, -0.2) is 15.1 Å². The van der Waals surface area contributed by atoms with Crippen LogP contribution < -0.4 is 5.32 Å². The largest absolute Gasteiger partial charge is 0.377 e. The molecule has 2 heterocycles. The highest BCUT2D eigenvalue weighted by Gasteiger charge is 2.04. The average Bonchev–Trinajstić information content (AvgIpc) is 2.82. The van der Waals surface area contributed by atoms with Gasteiger partial charge in [-0.3, -0.25) is 4.98 Å². The van der Waals surface area contributed by atoms with Crippen molar-refractivity contribution in [2.24, 2.45) is 0 Å². The number of para-hydroxylation sites is 1. The molecule has 3 aromatic rings. The Morgan fingerprint density at radius 3 is 2.94 bits per heavy atom. The standard InChI is InChI=1S/C13H12N4O/c1-9-16-13(17-18-9)8-15-12-6-7-14-11-5-3-2-4-10(11)12/h2-7H,8H2,1H3,(H,14,15). The van der Waals surface area contributed by atoms with Gasteiger partial charge in [0.15, 0.2) is 5.82 Å². The normalized spacial score (nSPS) is 10.7. The van der Waals surface area contributed by atoms with Crippen LogP contribution in [0.2, 0.25) is 0 Å². The van der Waals surface area contributed by atoms with Gasteiger partial charge in [-0.25, -0.2) is 0 Å². The third kappa shape index (κ3) is 2.02. The van der Waals surface area contributed by atoms with E-state index in [0.29, 0.717) is 18.3 Å². The Bertz CT molecular complexity index is 672. The number of hydrogen-bond donors (Lipinski definition) is 1. The molecule has 0 amide bonds. The van der Waals surface area contributed by atoms with Crippen LogP contribution in [0.15, 0.2) is 41.1 Å². The maximum absolute atomic E-state index is 4.93. The summed E-state index contributed by atoms with van der Waals surface area (Å²) in [5.41, 5.74) is 1.98. The topological polar surface area (TPSA) is 63.8 Å².